The van der Waals surface area contributed by atoms with Gasteiger partial charge in [-0.3, -0.25) is 4.79 Å². The number of hydrogen-bond acceptors (Lipinski definition) is 2. The first-order chi connectivity index (χ1) is 10.6. The molecule has 1 aliphatic carbocycles. The van der Waals surface area contributed by atoms with Crippen molar-refractivity contribution in [2.45, 2.75) is 24.9 Å². The maximum absolute atomic E-state index is 13.1. The zero-order valence-corrected chi connectivity index (χ0v) is 13.4. The van der Waals surface area contributed by atoms with Crippen molar-refractivity contribution in [3.8, 4) is 0 Å². The van der Waals surface area contributed by atoms with E-state index in [1.165, 1.54) is 12.1 Å². The predicted octanol–water partition coefficient (Wildman–Crippen LogP) is 4.02. The van der Waals surface area contributed by atoms with Crippen LogP contribution in [0.25, 0.3) is 0 Å². The van der Waals surface area contributed by atoms with Crippen LogP contribution >= 0.6 is 15.9 Å². The molecule has 2 aromatic rings. The summed E-state index contributed by atoms with van der Waals surface area (Å²) in [6.07, 6.45) is 2.06. The number of hydrogen-bond donors (Lipinski definition) is 2. The van der Waals surface area contributed by atoms with Crippen LogP contribution in [0.15, 0.2) is 53.0 Å². The molecule has 0 aromatic heterocycles. The second-order valence-corrected chi connectivity index (χ2v) is 6.33. The van der Waals surface area contributed by atoms with Crippen LogP contribution in [0.4, 0.5) is 10.1 Å². The van der Waals surface area contributed by atoms with Gasteiger partial charge in [-0.15, -0.1) is 0 Å². The van der Waals surface area contributed by atoms with Crippen LogP contribution in [0, 0.1) is 5.82 Å². The molecule has 0 unspecified atom stereocenters. The van der Waals surface area contributed by atoms with Gasteiger partial charge in [0.05, 0.1) is 0 Å². The van der Waals surface area contributed by atoms with Gasteiger partial charge in [-0.1, -0.05) is 28.1 Å². The SMILES string of the molecule is O=C(NC1CC1)[C@@H](Nc1ccc(Br)cc1)c1ccc(F)cc1. The third kappa shape index (κ3) is 3.85. The summed E-state index contributed by atoms with van der Waals surface area (Å²) in [5.74, 6) is -0.397. The topological polar surface area (TPSA) is 41.1 Å². The predicted molar refractivity (Wildman–Crippen MR) is 88.1 cm³/mol. The summed E-state index contributed by atoms with van der Waals surface area (Å²) in [7, 11) is 0. The fraction of sp³-hybridized carbons (Fsp3) is 0.235. The van der Waals surface area contributed by atoms with Crippen LogP contribution in [-0.2, 0) is 4.79 Å². The van der Waals surface area contributed by atoms with Crippen LogP contribution in [0.1, 0.15) is 24.4 Å². The van der Waals surface area contributed by atoms with E-state index in [2.05, 4.69) is 26.6 Å². The molecule has 114 valence electrons. The summed E-state index contributed by atoms with van der Waals surface area (Å²) in [6.45, 7) is 0. The maximum atomic E-state index is 13.1. The second kappa shape index (κ2) is 6.48. The number of rotatable bonds is 5. The van der Waals surface area contributed by atoms with E-state index in [0.29, 0.717) is 0 Å². The van der Waals surface area contributed by atoms with E-state index in [1.54, 1.807) is 12.1 Å². The van der Waals surface area contributed by atoms with Crippen LogP contribution < -0.4 is 10.6 Å². The Bertz CT molecular complexity index is 653. The first kappa shape index (κ1) is 15.0. The highest BCUT2D eigenvalue weighted by Crippen LogP contribution is 2.25. The van der Waals surface area contributed by atoms with Gasteiger partial charge in [0.1, 0.15) is 11.9 Å². The number of anilines is 1. The average Bonchev–Trinajstić information content (AvgIpc) is 3.31. The van der Waals surface area contributed by atoms with Gasteiger partial charge in [-0.2, -0.15) is 0 Å². The average molecular weight is 363 g/mol. The molecule has 1 fully saturated rings. The van der Waals surface area contributed by atoms with Crippen molar-refractivity contribution < 1.29 is 9.18 Å². The van der Waals surface area contributed by atoms with Gasteiger partial charge >= 0.3 is 0 Å². The smallest absolute Gasteiger partial charge is 0.247 e. The van der Waals surface area contributed by atoms with E-state index >= 15 is 0 Å². The lowest BCUT2D eigenvalue weighted by Crippen LogP contribution is -2.34. The molecule has 5 heteroatoms. The van der Waals surface area contributed by atoms with Crippen LogP contribution in [-0.4, -0.2) is 11.9 Å². The molecule has 3 rings (SSSR count). The Morgan fingerprint density at radius 2 is 1.73 bits per heavy atom. The van der Waals surface area contributed by atoms with Crippen molar-refractivity contribution in [1.82, 2.24) is 5.32 Å². The molecular weight excluding hydrogens is 347 g/mol. The summed E-state index contributed by atoms with van der Waals surface area (Å²) in [5, 5.41) is 6.21. The van der Waals surface area contributed by atoms with Crippen LogP contribution in [0.3, 0.4) is 0 Å². The Balaban J connectivity index is 1.82. The molecule has 1 saturated carbocycles. The zero-order chi connectivity index (χ0) is 15.5. The lowest BCUT2D eigenvalue weighted by atomic mass is 10.1. The Kier molecular flexibility index (Phi) is 4.43. The van der Waals surface area contributed by atoms with Crippen LogP contribution in [0.5, 0.6) is 0 Å². The Labute approximate surface area is 137 Å². The summed E-state index contributed by atoms with van der Waals surface area (Å²) in [4.78, 5) is 12.5. The summed E-state index contributed by atoms with van der Waals surface area (Å²) < 4.78 is 14.1. The molecule has 1 aliphatic rings. The highest BCUT2D eigenvalue weighted by Gasteiger charge is 2.28. The van der Waals surface area contributed by atoms with E-state index in [0.717, 1.165) is 28.6 Å². The van der Waals surface area contributed by atoms with E-state index in [9.17, 15) is 9.18 Å². The zero-order valence-electron chi connectivity index (χ0n) is 11.9. The van der Waals surface area contributed by atoms with Crippen molar-refractivity contribution in [2.75, 3.05) is 5.32 Å². The van der Waals surface area contributed by atoms with Crippen molar-refractivity contribution in [2.24, 2.45) is 0 Å². The third-order valence-electron chi connectivity index (χ3n) is 3.54. The monoisotopic (exact) mass is 362 g/mol. The van der Waals surface area contributed by atoms with Crippen molar-refractivity contribution in [3.63, 3.8) is 0 Å². The summed E-state index contributed by atoms with van der Waals surface area (Å²) >= 11 is 3.39. The molecule has 0 bridgehead atoms. The molecule has 2 N–H and O–H groups in total. The lowest BCUT2D eigenvalue weighted by Gasteiger charge is -2.20. The van der Waals surface area contributed by atoms with E-state index in [-0.39, 0.29) is 17.8 Å². The number of amides is 1. The molecule has 1 atom stereocenters. The Morgan fingerprint density at radius 3 is 2.32 bits per heavy atom. The third-order valence-corrected chi connectivity index (χ3v) is 4.07. The molecule has 2 aromatic carbocycles. The fourth-order valence-corrected chi connectivity index (χ4v) is 2.44. The molecule has 0 saturated heterocycles. The number of halogens is 2. The van der Waals surface area contributed by atoms with Gasteiger partial charge < -0.3 is 10.6 Å². The second-order valence-electron chi connectivity index (χ2n) is 5.42. The number of nitrogens with one attached hydrogen (secondary N) is 2. The summed E-state index contributed by atoms with van der Waals surface area (Å²) in [6, 6.07) is 13.4. The van der Waals surface area contributed by atoms with Gasteiger partial charge in [-0.25, -0.2) is 4.39 Å². The molecule has 22 heavy (non-hydrogen) atoms. The Hall–Kier alpha value is -1.88. The fourth-order valence-electron chi connectivity index (χ4n) is 2.18. The minimum absolute atomic E-state index is 0.0861. The Morgan fingerprint density at radius 1 is 1.09 bits per heavy atom. The number of carbonyl (C=O) groups is 1. The molecule has 1 amide bonds. The van der Waals surface area contributed by atoms with E-state index in [1.807, 2.05) is 24.3 Å². The number of benzene rings is 2. The first-order valence-electron chi connectivity index (χ1n) is 7.20. The highest BCUT2D eigenvalue weighted by atomic mass is 79.9. The largest absolute Gasteiger partial charge is 0.370 e. The van der Waals surface area contributed by atoms with Crippen molar-refractivity contribution >= 4 is 27.5 Å². The summed E-state index contributed by atoms with van der Waals surface area (Å²) in [5.41, 5.74) is 1.57. The first-order valence-corrected chi connectivity index (χ1v) is 7.99. The normalized spacial score (nSPS) is 15.2. The van der Waals surface area contributed by atoms with Crippen molar-refractivity contribution in [1.29, 1.82) is 0 Å². The standard InChI is InChI=1S/C17H16BrFN2O/c18-12-3-7-14(8-4-12)20-16(17(22)21-15-9-10-15)11-1-5-13(19)6-2-11/h1-8,15-16,20H,9-10H2,(H,21,22)/t16-/m0/s1. The lowest BCUT2D eigenvalue weighted by molar-refractivity contribution is -0.122. The van der Waals surface area contributed by atoms with Gasteiger partial charge in [0.15, 0.2) is 0 Å². The molecule has 0 radical (unpaired) electrons. The molecular formula is C17H16BrFN2O. The van der Waals surface area contributed by atoms with Gasteiger partial charge in [0.2, 0.25) is 5.91 Å². The van der Waals surface area contributed by atoms with Gasteiger partial charge in [0, 0.05) is 16.2 Å². The van der Waals surface area contributed by atoms with Gasteiger partial charge in [-0.05, 0) is 54.8 Å². The minimum Gasteiger partial charge on any atom is -0.370 e. The highest BCUT2D eigenvalue weighted by molar-refractivity contribution is 9.10. The number of carbonyl (C=O) groups excluding carboxylic acids is 1. The molecule has 0 aliphatic heterocycles. The minimum atomic E-state index is -0.539. The van der Waals surface area contributed by atoms with Gasteiger partial charge in [0.25, 0.3) is 0 Å². The van der Waals surface area contributed by atoms with Crippen molar-refractivity contribution in [3.05, 3.63) is 64.4 Å². The van der Waals surface area contributed by atoms with Crippen LogP contribution in [0.2, 0.25) is 0 Å². The maximum Gasteiger partial charge on any atom is 0.247 e. The van der Waals surface area contributed by atoms with E-state index < -0.39 is 6.04 Å². The quantitative estimate of drug-likeness (QED) is 0.843. The molecule has 0 heterocycles. The molecule has 3 nitrogen and oxygen atoms in total. The van der Waals surface area contributed by atoms with E-state index in [4.69, 9.17) is 0 Å². The molecule has 0 spiro atoms.